The molecule has 26 heavy (non-hydrogen) atoms. The first-order valence-corrected chi connectivity index (χ1v) is 8.06. The molecule has 0 aliphatic carbocycles. The number of ketones is 1. The molecule has 0 aliphatic heterocycles. The molecule has 0 saturated carbocycles. The molecule has 0 spiro atoms. The second kappa shape index (κ2) is 8.23. The number of nitrogens with one attached hydrogen (secondary N) is 2. The molecule has 2 N–H and O–H groups in total. The fourth-order valence-electron chi connectivity index (χ4n) is 2.23. The molecule has 0 saturated heterocycles. The maximum absolute atomic E-state index is 13.0. The highest BCUT2D eigenvalue weighted by Crippen LogP contribution is 2.36. The highest BCUT2D eigenvalue weighted by molar-refractivity contribution is 6.30. The molecular formula is C18H16ClF3N2O2. The molecule has 0 fully saturated rings. The molecule has 2 aromatic carbocycles. The van der Waals surface area contributed by atoms with Gasteiger partial charge in [0, 0.05) is 34.9 Å². The van der Waals surface area contributed by atoms with Crippen LogP contribution in [0, 0.1) is 0 Å². The van der Waals surface area contributed by atoms with E-state index in [2.05, 4.69) is 10.6 Å². The van der Waals surface area contributed by atoms with E-state index in [9.17, 15) is 22.8 Å². The van der Waals surface area contributed by atoms with Gasteiger partial charge in [-0.2, -0.15) is 13.2 Å². The van der Waals surface area contributed by atoms with Crippen molar-refractivity contribution in [1.82, 2.24) is 0 Å². The van der Waals surface area contributed by atoms with Gasteiger partial charge in [0.15, 0.2) is 5.78 Å². The summed E-state index contributed by atoms with van der Waals surface area (Å²) in [7, 11) is 0. The number of carbonyl (C=O) groups excluding carboxylic acids is 2. The molecular weight excluding hydrogens is 369 g/mol. The van der Waals surface area contributed by atoms with Gasteiger partial charge in [0.05, 0.1) is 5.56 Å². The SMILES string of the molecule is CC(=O)c1ccc(NC(=O)CCNc2ccc(Cl)cc2C(F)(F)F)cc1. The van der Waals surface area contributed by atoms with Crippen LogP contribution in [0.4, 0.5) is 24.5 Å². The molecule has 0 radical (unpaired) electrons. The highest BCUT2D eigenvalue weighted by Gasteiger charge is 2.33. The summed E-state index contributed by atoms with van der Waals surface area (Å²) >= 11 is 5.62. The number of anilines is 2. The van der Waals surface area contributed by atoms with Crippen LogP contribution in [0.1, 0.15) is 29.3 Å². The van der Waals surface area contributed by atoms with Crippen molar-refractivity contribution in [3.8, 4) is 0 Å². The minimum absolute atomic E-state index is 0.0159. The molecule has 0 aliphatic rings. The van der Waals surface area contributed by atoms with Crippen LogP contribution in [-0.4, -0.2) is 18.2 Å². The molecule has 138 valence electrons. The predicted octanol–water partition coefficient (Wildman–Crippen LogP) is 5.00. The van der Waals surface area contributed by atoms with Gasteiger partial charge in [-0.25, -0.2) is 0 Å². The number of amides is 1. The molecule has 0 heterocycles. The fourth-order valence-corrected chi connectivity index (χ4v) is 2.40. The minimum atomic E-state index is -4.55. The number of carbonyl (C=O) groups is 2. The van der Waals surface area contributed by atoms with Crippen molar-refractivity contribution in [1.29, 1.82) is 0 Å². The van der Waals surface area contributed by atoms with Crippen LogP contribution in [-0.2, 0) is 11.0 Å². The number of rotatable bonds is 6. The van der Waals surface area contributed by atoms with E-state index in [1.165, 1.54) is 19.1 Å². The lowest BCUT2D eigenvalue weighted by atomic mass is 10.1. The molecule has 1 amide bonds. The van der Waals surface area contributed by atoms with Crippen molar-refractivity contribution in [2.24, 2.45) is 0 Å². The van der Waals surface area contributed by atoms with Gasteiger partial charge in [-0.3, -0.25) is 9.59 Å². The van der Waals surface area contributed by atoms with E-state index in [1.54, 1.807) is 24.3 Å². The first-order valence-electron chi connectivity index (χ1n) is 7.68. The fraction of sp³-hybridized carbons (Fsp3) is 0.222. The molecule has 0 unspecified atom stereocenters. The Labute approximate surface area is 153 Å². The summed E-state index contributed by atoms with van der Waals surface area (Å²) in [4.78, 5) is 23.1. The van der Waals surface area contributed by atoms with Gasteiger partial charge in [0.2, 0.25) is 5.91 Å². The largest absolute Gasteiger partial charge is 0.418 e. The van der Waals surface area contributed by atoms with Crippen LogP contribution < -0.4 is 10.6 Å². The van der Waals surface area contributed by atoms with Gasteiger partial charge < -0.3 is 10.6 Å². The zero-order valence-corrected chi connectivity index (χ0v) is 14.5. The van der Waals surface area contributed by atoms with Crippen molar-refractivity contribution in [3.63, 3.8) is 0 Å². The van der Waals surface area contributed by atoms with Crippen molar-refractivity contribution in [2.75, 3.05) is 17.2 Å². The molecule has 2 rings (SSSR count). The monoisotopic (exact) mass is 384 g/mol. The molecule has 0 aromatic heterocycles. The molecule has 8 heteroatoms. The van der Waals surface area contributed by atoms with Crippen molar-refractivity contribution in [3.05, 3.63) is 58.6 Å². The Morgan fingerprint density at radius 1 is 1.08 bits per heavy atom. The molecule has 0 atom stereocenters. The molecule has 0 bridgehead atoms. The van der Waals surface area contributed by atoms with Crippen LogP contribution in [0.3, 0.4) is 0 Å². The maximum atomic E-state index is 13.0. The summed E-state index contributed by atoms with van der Waals surface area (Å²) in [5.74, 6) is -0.453. The van der Waals surface area contributed by atoms with Crippen LogP contribution in [0.5, 0.6) is 0 Å². The van der Waals surface area contributed by atoms with Crippen LogP contribution in [0.2, 0.25) is 5.02 Å². The Morgan fingerprint density at radius 3 is 2.31 bits per heavy atom. The van der Waals surface area contributed by atoms with Crippen LogP contribution in [0.15, 0.2) is 42.5 Å². The van der Waals surface area contributed by atoms with E-state index in [-0.39, 0.29) is 35.4 Å². The Balaban J connectivity index is 1.91. The van der Waals surface area contributed by atoms with E-state index in [1.807, 2.05) is 0 Å². The smallest absolute Gasteiger partial charge is 0.384 e. The lowest BCUT2D eigenvalue weighted by molar-refractivity contribution is -0.137. The second-order valence-electron chi connectivity index (χ2n) is 5.55. The number of benzene rings is 2. The Kier molecular flexibility index (Phi) is 6.26. The van der Waals surface area contributed by atoms with Crippen LogP contribution in [0.25, 0.3) is 0 Å². The van der Waals surface area contributed by atoms with Crippen LogP contribution >= 0.6 is 11.6 Å². The summed E-state index contributed by atoms with van der Waals surface area (Å²) in [6.07, 6.45) is -4.58. The number of Topliss-reactive ketones (excluding diaryl/α,β-unsaturated/α-hetero) is 1. The Bertz CT molecular complexity index is 805. The number of hydrogen-bond donors (Lipinski definition) is 2. The molecule has 2 aromatic rings. The summed E-state index contributed by atoms with van der Waals surface area (Å²) < 4.78 is 39.0. The highest BCUT2D eigenvalue weighted by atomic mass is 35.5. The number of halogens is 4. The normalized spacial score (nSPS) is 11.1. The number of alkyl halides is 3. The van der Waals surface area contributed by atoms with E-state index >= 15 is 0 Å². The van der Waals surface area contributed by atoms with E-state index < -0.39 is 11.7 Å². The zero-order valence-electron chi connectivity index (χ0n) is 13.8. The summed E-state index contributed by atoms with van der Waals surface area (Å²) in [5.41, 5.74) is 0.000276. The van der Waals surface area contributed by atoms with E-state index in [4.69, 9.17) is 11.6 Å². The predicted molar refractivity (Wildman–Crippen MR) is 94.6 cm³/mol. The minimum Gasteiger partial charge on any atom is -0.384 e. The van der Waals surface area contributed by atoms with Gasteiger partial charge in [0.1, 0.15) is 0 Å². The third-order valence-corrected chi connectivity index (χ3v) is 3.76. The van der Waals surface area contributed by atoms with Crippen molar-refractivity contribution < 1.29 is 22.8 Å². The average molecular weight is 385 g/mol. The summed E-state index contributed by atoms with van der Waals surface area (Å²) in [6.45, 7) is 1.45. The third-order valence-electron chi connectivity index (χ3n) is 3.53. The van der Waals surface area contributed by atoms with Gasteiger partial charge in [-0.05, 0) is 49.4 Å². The van der Waals surface area contributed by atoms with Gasteiger partial charge in [-0.1, -0.05) is 11.6 Å². The first-order chi connectivity index (χ1) is 12.2. The van der Waals surface area contributed by atoms with Gasteiger partial charge in [-0.15, -0.1) is 0 Å². The lowest BCUT2D eigenvalue weighted by Crippen LogP contribution is -2.18. The lowest BCUT2D eigenvalue weighted by Gasteiger charge is -2.15. The Hall–Kier alpha value is -2.54. The van der Waals surface area contributed by atoms with E-state index in [0.717, 1.165) is 6.07 Å². The summed E-state index contributed by atoms with van der Waals surface area (Å²) in [5, 5.41) is 5.20. The van der Waals surface area contributed by atoms with Crippen molar-refractivity contribution >= 4 is 34.7 Å². The summed E-state index contributed by atoms with van der Waals surface area (Å²) in [6, 6.07) is 9.74. The second-order valence-corrected chi connectivity index (χ2v) is 5.98. The van der Waals surface area contributed by atoms with Gasteiger partial charge in [0.25, 0.3) is 0 Å². The third kappa shape index (κ3) is 5.49. The topological polar surface area (TPSA) is 58.2 Å². The van der Waals surface area contributed by atoms with E-state index in [0.29, 0.717) is 11.3 Å². The van der Waals surface area contributed by atoms with Crippen molar-refractivity contribution in [2.45, 2.75) is 19.5 Å². The maximum Gasteiger partial charge on any atom is 0.418 e. The molecule has 4 nitrogen and oxygen atoms in total. The standard InChI is InChI=1S/C18H16ClF3N2O2/c1-11(25)12-2-5-14(6-3-12)24-17(26)8-9-23-16-7-4-13(19)10-15(16)18(20,21)22/h2-7,10,23H,8-9H2,1H3,(H,24,26). The average Bonchev–Trinajstić information content (AvgIpc) is 2.55. The Morgan fingerprint density at radius 2 is 1.73 bits per heavy atom. The number of hydrogen-bond acceptors (Lipinski definition) is 3. The zero-order chi connectivity index (χ0) is 19.3. The first kappa shape index (κ1) is 19.8. The quantitative estimate of drug-likeness (QED) is 0.689. The van der Waals surface area contributed by atoms with Gasteiger partial charge >= 0.3 is 6.18 Å².